The molecule has 0 N–H and O–H groups in total. The number of fused-ring (bicyclic) bond motifs is 3. The Labute approximate surface area is 150 Å². The predicted octanol–water partition coefficient (Wildman–Crippen LogP) is 3.44. The number of carbonyl (C=O) groups is 3. The van der Waals surface area contributed by atoms with Gasteiger partial charge in [0, 0.05) is 17.0 Å². The lowest BCUT2D eigenvalue weighted by atomic mass is 9.78. The van der Waals surface area contributed by atoms with Crippen LogP contribution in [0.15, 0.2) is 24.3 Å². The standard InChI is InChI=1S/C19H19ClO5/c1-3-24-17(22)19(18(23)25-4-2)9-11-7-16(21)14-8-12(20)5-6-13(14)15(11)10-19/h5-6,8,10-11H,3-4,7,9H2,1-2H3. The zero-order valence-electron chi connectivity index (χ0n) is 14.1. The molecule has 2 aliphatic carbocycles. The van der Waals surface area contributed by atoms with Crippen LogP contribution in [-0.4, -0.2) is 30.9 Å². The summed E-state index contributed by atoms with van der Waals surface area (Å²) in [6.45, 7) is 3.71. The summed E-state index contributed by atoms with van der Waals surface area (Å²) in [5, 5.41) is 0.478. The topological polar surface area (TPSA) is 69.7 Å². The molecule has 25 heavy (non-hydrogen) atoms. The summed E-state index contributed by atoms with van der Waals surface area (Å²) in [6, 6.07) is 5.09. The van der Waals surface area contributed by atoms with Gasteiger partial charge in [0.05, 0.1) is 13.2 Å². The molecule has 132 valence electrons. The molecule has 0 saturated carbocycles. The van der Waals surface area contributed by atoms with Gasteiger partial charge < -0.3 is 9.47 Å². The summed E-state index contributed by atoms with van der Waals surface area (Å²) >= 11 is 6.00. The van der Waals surface area contributed by atoms with E-state index in [4.69, 9.17) is 21.1 Å². The first-order valence-corrected chi connectivity index (χ1v) is 8.71. The van der Waals surface area contributed by atoms with Crippen molar-refractivity contribution < 1.29 is 23.9 Å². The van der Waals surface area contributed by atoms with Crippen LogP contribution < -0.4 is 0 Å². The van der Waals surface area contributed by atoms with Crippen molar-refractivity contribution in [2.75, 3.05) is 13.2 Å². The monoisotopic (exact) mass is 362 g/mol. The molecule has 0 bridgehead atoms. The van der Waals surface area contributed by atoms with Crippen LogP contribution in [0.5, 0.6) is 0 Å². The Morgan fingerprint density at radius 1 is 1.16 bits per heavy atom. The molecule has 0 heterocycles. The van der Waals surface area contributed by atoms with Gasteiger partial charge in [-0.15, -0.1) is 0 Å². The van der Waals surface area contributed by atoms with Crippen LogP contribution in [0.2, 0.25) is 5.02 Å². The van der Waals surface area contributed by atoms with Gasteiger partial charge in [-0.1, -0.05) is 23.7 Å². The summed E-state index contributed by atoms with van der Waals surface area (Å²) in [5.41, 5.74) is 0.570. The number of benzene rings is 1. The smallest absolute Gasteiger partial charge is 0.327 e. The van der Waals surface area contributed by atoms with Gasteiger partial charge in [0.15, 0.2) is 11.2 Å². The van der Waals surface area contributed by atoms with E-state index in [9.17, 15) is 14.4 Å². The minimum Gasteiger partial charge on any atom is -0.465 e. The van der Waals surface area contributed by atoms with E-state index in [1.54, 1.807) is 38.1 Å². The van der Waals surface area contributed by atoms with Gasteiger partial charge in [-0.05, 0) is 49.5 Å². The fourth-order valence-electron chi connectivity index (χ4n) is 3.64. The maximum Gasteiger partial charge on any atom is 0.327 e. The molecule has 1 aromatic carbocycles. The van der Waals surface area contributed by atoms with E-state index < -0.39 is 17.4 Å². The maximum atomic E-state index is 12.6. The van der Waals surface area contributed by atoms with Gasteiger partial charge in [-0.25, -0.2) is 0 Å². The first-order valence-electron chi connectivity index (χ1n) is 8.33. The van der Waals surface area contributed by atoms with E-state index in [1.807, 2.05) is 0 Å². The van der Waals surface area contributed by atoms with Gasteiger partial charge in [0.1, 0.15) is 0 Å². The molecule has 1 unspecified atom stereocenters. The number of ketones is 1. The molecule has 6 heteroatoms. The molecule has 0 amide bonds. The highest BCUT2D eigenvalue weighted by molar-refractivity contribution is 6.31. The summed E-state index contributed by atoms with van der Waals surface area (Å²) in [4.78, 5) is 37.7. The average molecular weight is 363 g/mol. The second-order valence-electron chi connectivity index (χ2n) is 6.23. The van der Waals surface area contributed by atoms with Crippen molar-refractivity contribution in [2.45, 2.75) is 26.7 Å². The number of allylic oxidation sites excluding steroid dienone is 1. The highest BCUT2D eigenvalue weighted by atomic mass is 35.5. The lowest BCUT2D eigenvalue weighted by Crippen LogP contribution is -2.39. The first-order chi connectivity index (χ1) is 11.9. The summed E-state index contributed by atoms with van der Waals surface area (Å²) in [5.74, 6) is -1.50. The molecule has 3 rings (SSSR count). The van der Waals surface area contributed by atoms with Crippen LogP contribution in [0, 0.1) is 11.3 Å². The molecule has 0 fully saturated rings. The minimum absolute atomic E-state index is 0.0387. The van der Waals surface area contributed by atoms with Crippen LogP contribution in [0.4, 0.5) is 0 Å². The SMILES string of the molecule is CCOC(=O)C1(C(=O)OCC)C=C2c3ccc(Cl)cc3C(=O)CC2C1. The molecule has 0 aromatic heterocycles. The number of carbonyl (C=O) groups excluding carboxylic acids is 3. The van der Waals surface area contributed by atoms with Crippen molar-refractivity contribution in [2.24, 2.45) is 11.3 Å². The van der Waals surface area contributed by atoms with Crippen LogP contribution in [0.3, 0.4) is 0 Å². The van der Waals surface area contributed by atoms with Crippen LogP contribution in [0.1, 0.15) is 42.6 Å². The van der Waals surface area contributed by atoms with E-state index in [-0.39, 0.29) is 37.8 Å². The first kappa shape index (κ1) is 17.7. The largest absolute Gasteiger partial charge is 0.465 e. The van der Waals surface area contributed by atoms with Crippen LogP contribution in [0.25, 0.3) is 5.57 Å². The molecule has 0 aliphatic heterocycles. The second kappa shape index (κ2) is 6.64. The van der Waals surface area contributed by atoms with E-state index in [1.165, 1.54) is 0 Å². The molecule has 0 spiro atoms. The number of hydrogen-bond donors (Lipinski definition) is 0. The van der Waals surface area contributed by atoms with Crippen LogP contribution >= 0.6 is 11.6 Å². The Kier molecular flexibility index (Phi) is 4.69. The Bertz CT molecular complexity index is 762. The molecule has 2 aliphatic rings. The quantitative estimate of drug-likeness (QED) is 0.606. The molecule has 5 nitrogen and oxygen atoms in total. The third-order valence-electron chi connectivity index (χ3n) is 4.71. The maximum absolute atomic E-state index is 12.6. The Balaban J connectivity index is 2.11. The third kappa shape index (κ3) is 2.86. The van der Waals surface area contributed by atoms with Crippen molar-refractivity contribution in [1.29, 1.82) is 0 Å². The number of rotatable bonds is 4. The fourth-order valence-corrected chi connectivity index (χ4v) is 3.81. The number of Topliss-reactive ketones (excluding diaryl/α,β-unsaturated/α-hetero) is 1. The molecular weight excluding hydrogens is 344 g/mol. The highest BCUT2D eigenvalue weighted by Gasteiger charge is 2.54. The fraction of sp³-hybridized carbons (Fsp3) is 0.421. The van der Waals surface area contributed by atoms with Gasteiger partial charge in [-0.3, -0.25) is 14.4 Å². The number of halogens is 1. The van der Waals surface area contributed by atoms with E-state index in [0.717, 1.165) is 11.1 Å². The van der Waals surface area contributed by atoms with Crippen molar-refractivity contribution >= 4 is 34.9 Å². The molecule has 1 aromatic rings. The van der Waals surface area contributed by atoms with Gasteiger partial charge >= 0.3 is 11.9 Å². The lowest BCUT2D eigenvalue weighted by Gasteiger charge is -2.25. The third-order valence-corrected chi connectivity index (χ3v) is 4.95. The van der Waals surface area contributed by atoms with E-state index >= 15 is 0 Å². The van der Waals surface area contributed by atoms with Crippen molar-refractivity contribution in [3.8, 4) is 0 Å². The Morgan fingerprint density at radius 3 is 2.40 bits per heavy atom. The summed E-state index contributed by atoms with van der Waals surface area (Å²) < 4.78 is 10.3. The van der Waals surface area contributed by atoms with Gasteiger partial charge in [0.25, 0.3) is 0 Å². The molecule has 1 atom stereocenters. The number of hydrogen-bond acceptors (Lipinski definition) is 5. The minimum atomic E-state index is -1.49. The zero-order chi connectivity index (χ0) is 18.2. The highest BCUT2D eigenvalue weighted by Crippen LogP contribution is 2.51. The van der Waals surface area contributed by atoms with Crippen molar-refractivity contribution in [3.63, 3.8) is 0 Å². The van der Waals surface area contributed by atoms with Crippen molar-refractivity contribution in [1.82, 2.24) is 0 Å². The molecule has 0 saturated heterocycles. The lowest BCUT2D eigenvalue weighted by molar-refractivity contribution is -0.168. The Hall–Kier alpha value is -2.14. The number of ether oxygens (including phenoxy) is 2. The zero-order valence-corrected chi connectivity index (χ0v) is 14.9. The summed E-state index contributed by atoms with van der Waals surface area (Å²) in [7, 11) is 0. The molecular formula is C19H19ClO5. The Morgan fingerprint density at radius 2 is 1.80 bits per heavy atom. The second-order valence-corrected chi connectivity index (χ2v) is 6.67. The van der Waals surface area contributed by atoms with E-state index in [2.05, 4.69) is 0 Å². The van der Waals surface area contributed by atoms with Crippen LogP contribution in [-0.2, 0) is 19.1 Å². The van der Waals surface area contributed by atoms with Gasteiger partial charge in [-0.2, -0.15) is 0 Å². The van der Waals surface area contributed by atoms with E-state index in [0.29, 0.717) is 10.6 Å². The predicted molar refractivity (Wildman–Crippen MR) is 92.2 cm³/mol. The van der Waals surface area contributed by atoms with Gasteiger partial charge in [0.2, 0.25) is 0 Å². The van der Waals surface area contributed by atoms with Crippen molar-refractivity contribution in [3.05, 3.63) is 40.4 Å². The average Bonchev–Trinajstić information content (AvgIpc) is 2.96. The normalized spacial score (nSPS) is 20.4. The molecule has 0 radical (unpaired) electrons. The number of esters is 2. The summed E-state index contributed by atoms with van der Waals surface area (Å²) in [6.07, 6.45) is 2.06.